The Balaban J connectivity index is 2.18. The molecule has 0 saturated heterocycles. The van der Waals surface area contributed by atoms with Crippen LogP contribution in [0, 0.1) is 0 Å². The maximum absolute atomic E-state index is 11.5. The van der Waals surface area contributed by atoms with Gasteiger partial charge in [-0.05, 0) is 38.4 Å². The van der Waals surface area contributed by atoms with Gasteiger partial charge in [-0.2, -0.15) is 0 Å². The van der Waals surface area contributed by atoms with E-state index in [1.807, 2.05) is 44.2 Å². The highest BCUT2D eigenvalue weighted by molar-refractivity contribution is 5.84. The van der Waals surface area contributed by atoms with Crippen molar-refractivity contribution in [1.29, 1.82) is 0 Å². The monoisotopic (exact) mass is 294 g/mol. The summed E-state index contributed by atoms with van der Waals surface area (Å²) in [5.41, 5.74) is 4.73. The molecule has 0 aromatic heterocycles. The molecule has 0 aliphatic carbocycles. The lowest BCUT2D eigenvalue weighted by atomic mass is 9.97. The normalized spacial score (nSPS) is 13.6. The fourth-order valence-corrected chi connectivity index (χ4v) is 1.81. The van der Waals surface area contributed by atoms with Crippen LogP contribution in [0.4, 0.5) is 0 Å². The third-order valence-electron chi connectivity index (χ3n) is 3.29. The third kappa shape index (κ3) is 6.60. The molecule has 0 radical (unpaired) electrons. The van der Waals surface area contributed by atoms with E-state index < -0.39 is 5.54 Å². The Hall–Kier alpha value is -1.59. The maximum Gasteiger partial charge on any atom is 0.237 e. The second-order valence-electron chi connectivity index (χ2n) is 5.15. The van der Waals surface area contributed by atoms with Crippen LogP contribution in [-0.4, -0.2) is 37.8 Å². The summed E-state index contributed by atoms with van der Waals surface area (Å²) in [5.74, 6) is 0.479. The van der Waals surface area contributed by atoms with Gasteiger partial charge in [0.2, 0.25) is 5.91 Å². The first-order chi connectivity index (χ1) is 10.1. The lowest BCUT2D eigenvalue weighted by Crippen LogP contribution is -2.54. The van der Waals surface area contributed by atoms with E-state index in [-0.39, 0.29) is 5.91 Å². The predicted molar refractivity (Wildman–Crippen MR) is 83.3 cm³/mol. The van der Waals surface area contributed by atoms with Crippen molar-refractivity contribution < 1.29 is 14.3 Å². The predicted octanol–water partition coefficient (Wildman–Crippen LogP) is 1.72. The van der Waals surface area contributed by atoms with Crippen molar-refractivity contribution in [3.63, 3.8) is 0 Å². The van der Waals surface area contributed by atoms with Gasteiger partial charge in [-0.3, -0.25) is 4.79 Å². The molecule has 0 saturated carbocycles. The second-order valence-corrected chi connectivity index (χ2v) is 5.15. The van der Waals surface area contributed by atoms with Crippen LogP contribution in [0.1, 0.15) is 26.7 Å². The van der Waals surface area contributed by atoms with Gasteiger partial charge in [0.25, 0.3) is 0 Å². The quantitative estimate of drug-likeness (QED) is 0.609. The number of benzene rings is 1. The Morgan fingerprint density at radius 2 is 1.95 bits per heavy atom. The number of ether oxygens (including phenoxy) is 2. The number of amides is 1. The molecule has 1 aromatic carbocycles. The van der Waals surface area contributed by atoms with Crippen molar-refractivity contribution in [3.8, 4) is 5.75 Å². The summed E-state index contributed by atoms with van der Waals surface area (Å²) in [5, 5.41) is 3.18. The molecule has 1 atom stereocenters. The number of hydrogen-bond acceptors (Lipinski definition) is 4. The van der Waals surface area contributed by atoms with E-state index in [2.05, 4.69) is 5.32 Å². The number of primary amides is 1. The molecule has 0 spiro atoms. The number of nitrogens with one attached hydrogen (secondary N) is 1. The number of carbonyl (C=O) groups excluding carboxylic acids is 1. The fraction of sp³-hybridized carbons (Fsp3) is 0.562. The van der Waals surface area contributed by atoms with Crippen molar-refractivity contribution in [3.05, 3.63) is 30.3 Å². The number of nitrogens with two attached hydrogens (primary N) is 1. The molecule has 5 nitrogen and oxygen atoms in total. The number of para-hydroxylation sites is 1. The Labute approximate surface area is 126 Å². The molecule has 3 N–H and O–H groups in total. The van der Waals surface area contributed by atoms with Crippen LogP contribution in [0.25, 0.3) is 0 Å². The van der Waals surface area contributed by atoms with E-state index in [1.165, 1.54) is 0 Å². The van der Waals surface area contributed by atoms with E-state index >= 15 is 0 Å². The molecular formula is C16H26N2O3. The van der Waals surface area contributed by atoms with Crippen LogP contribution in [-0.2, 0) is 9.53 Å². The van der Waals surface area contributed by atoms with Gasteiger partial charge in [-0.25, -0.2) is 0 Å². The molecule has 0 aliphatic heterocycles. The Kier molecular flexibility index (Phi) is 7.79. The van der Waals surface area contributed by atoms with Crippen molar-refractivity contribution in [2.75, 3.05) is 26.4 Å². The Morgan fingerprint density at radius 3 is 2.57 bits per heavy atom. The summed E-state index contributed by atoms with van der Waals surface area (Å²) >= 11 is 0. The molecule has 5 heteroatoms. The number of carbonyl (C=O) groups is 1. The fourth-order valence-electron chi connectivity index (χ4n) is 1.81. The third-order valence-corrected chi connectivity index (χ3v) is 3.29. The largest absolute Gasteiger partial charge is 0.491 e. The van der Waals surface area contributed by atoms with Crippen molar-refractivity contribution in [1.82, 2.24) is 5.32 Å². The minimum atomic E-state index is -0.712. The van der Waals surface area contributed by atoms with E-state index in [4.69, 9.17) is 15.2 Å². The molecule has 1 unspecified atom stereocenters. The van der Waals surface area contributed by atoms with Crippen LogP contribution in [0.5, 0.6) is 5.75 Å². The SMILES string of the molecule is CCCNC(C)(CCOCCOc1ccccc1)C(N)=O. The van der Waals surface area contributed by atoms with Gasteiger partial charge in [0.1, 0.15) is 12.4 Å². The van der Waals surface area contributed by atoms with E-state index in [9.17, 15) is 4.79 Å². The second kappa shape index (κ2) is 9.37. The topological polar surface area (TPSA) is 73.6 Å². The highest BCUT2D eigenvalue weighted by Gasteiger charge is 2.29. The van der Waals surface area contributed by atoms with Crippen LogP contribution < -0.4 is 15.8 Å². The molecule has 1 rings (SSSR count). The van der Waals surface area contributed by atoms with Gasteiger partial charge < -0.3 is 20.5 Å². The molecular weight excluding hydrogens is 268 g/mol. The van der Waals surface area contributed by atoms with Gasteiger partial charge in [0.05, 0.1) is 12.1 Å². The standard InChI is InChI=1S/C16H26N2O3/c1-3-10-18-16(2,15(17)19)9-11-20-12-13-21-14-7-5-4-6-8-14/h4-8,18H,3,9-13H2,1-2H3,(H2,17,19). The van der Waals surface area contributed by atoms with Crippen molar-refractivity contribution >= 4 is 5.91 Å². The maximum atomic E-state index is 11.5. The molecule has 118 valence electrons. The summed E-state index contributed by atoms with van der Waals surface area (Å²) < 4.78 is 11.0. The zero-order valence-electron chi connectivity index (χ0n) is 12.9. The highest BCUT2D eigenvalue weighted by Crippen LogP contribution is 2.10. The minimum absolute atomic E-state index is 0.347. The van der Waals surface area contributed by atoms with Gasteiger partial charge >= 0.3 is 0 Å². The van der Waals surface area contributed by atoms with E-state index in [1.54, 1.807) is 0 Å². The number of hydrogen-bond donors (Lipinski definition) is 2. The molecule has 0 fully saturated rings. The van der Waals surface area contributed by atoms with E-state index in [0.717, 1.165) is 18.7 Å². The average molecular weight is 294 g/mol. The smallest absolute Gasteiger partial charge is 0.237 e. The van der Waals surface area contributed by atoms with Crippen LogP contribution in [0.15, 0.2) is 30.3 Å². The van der Waals surface area contributed by atoms with Gasteiger partial charge in [-0.1, -0.05) is 25.1 Å². The first kappa shape index (κ1) is 17.5. The van der Waals surface area contributed by atoms with Crippen molar-refractivity contribution in [2.24, 2.45) is 5.73 Å². The summed E-state index contributed by atoms with van der Waals surface area (Å²) in [6, 6.07) is 9.59. The summed E-state index contributed by atoms with van der Waals surface area (Å²) in [6.07, 6.45) is 1.50. The summed E-state index contributed by atoms with van der Waals surface area (Å²) in [4.78, 5) is 11.5. The molecule has 1 aromatic rings. The van der Waals surface area contributed by atoms with Crippen LogP contribution >= 0.6 is 0 Å². The first-order valence-electron chi connectivity index (χ1n) is 7.39. The lowest BCUT2D eigenvalue weighted by Gasteiger charge is -2.27. The molecule has 0 bridgehead atoms. The Bertz CT molecular complexity index is 411. The van der Waals surface area contributed by atoms with Gasteiger partial charge in [0.15, 0.2) is 0 Å². The Morgan fingerprint density at radius 1 is 1.24 bits per heavy atom. The van der Waals surface area contributed by atoms with Crippen molar-refractivity contribution in [2.45, 2.75) is 32.2 Å². The van der Waals surface area contributed by atoms with Crippen LogP contribution in [0.2, 0.25) is 0 Å². The van der Waals surface area contributed by atoms with Gasteiger partial charge in [-0.15, -0.1) is 0 Å². The highest BCUT2D eigenvalue weighted by atomic mass is 16.5. The van der Waals surface area contributed by atoms with Crippen LogP contribution in [0.3, 0.4) is 0 Å². The van der Waals surface area contributed by atoms with Gasteiger partial charge in [0, 0.05) is 6.61 Å². The molecule has 21 heavy (non-hydrogen) atoms. The molecule has 0 aliphatic rings. The number of rotatable bonds is 11. The lowest BCUT2D eigenvalue weighted by molar-refractivity contribution is -0.124. The minimum Gasteiger partial charge on any atom is -0.491 e. The molecule has 0 heterocycles. The summed E-state index contributed by atoms with van der Waals surface area (Å²) in [7, 11) is 0. The molecule has 1 amide bonds. The zero-order valence-corrected chi connectivity index (χ0v) is 12.9. The zero-order chi connectivity index (χ0) is 15.6. The summed E-state index contributed by atoms with van der Waals surface area (Å²) in [6.45, 7) is 6.06. The average Bonchev–Trinajstić information content (AvgIpc) is 2.49. The van der Waals surface area contributed by atoms with E-state index in [0.29, 0.717) is 26.2 Å². The first-order valence-corrected chi connectivity index (χ1v) is 7.39.